The molecule has 0 bridgehead atoms. The molecule has 84 valence electrons. The maximum absolute atomic E-state index is 13.2. The Morgan fingerprint density at radius 1 is 1.38 bits per heavy atom. The van der Waals surface area contributed by atoms with Gasteiger partial charge in [-0.2, -0.15) is 5.10 Å². The van der Waals surface area contributed by atoms with Gasteiger partial charge < -0.3 is 4.74 Å². The number of hydrogen-bond acceptors (Lipinski definition) is 2. The highest BCUT2D eigenvalue weighted by Gasteiger charge is 2.03. The van der Waals surface area contributed by atoms with Crippen molar-refractivity contribution in [1.82, 2.24) is 9.78 Å². The van der Waals surface area contributed by atoms with Crippen LogP contribution in [0.2, 0.25) is 0 Å². The summed E-state index contributed by atoms with van der Waals surface area (Å²) in [5, 5.41) is 3.95. The van der Waals surface area contributed by atoms with Gasteiger partial charge in [-0.3, -0.25) is 4.68 Å². The van der Waals surface area contributed by atoms with Crippen molar-refractivity contribution in [1.29, 1.82) is 0 Å². The van der Waals surface area contributed by atoms with Gasteiger partial charge in [0.2, 0.25) is 0 Å². The first-order valence-electron chi connectivity index (χ1n) is 4.69. The second-order valence-electron chi connectivity index (χ2n) is 3.38. The van der Waals surface area contributed by atoms with Crippen molar-refractivity contribution >= 4 is 11.6 Å². The zero-order valence-corrected chi connectivity index (χ0v) is 9.41. The lowest BCUT2D eigenvalue weighted by atomic mass is 10.2. The van der Waals surface area contributed by atoms with Crippen molar-refractivity contribution in [3.05, 3.63) is 42.0 Å². The van der Waals surface area contributed by atoms with Crippen molar-refractivity contribution in [2.75, 3.05) is 0 Å². The number of aromatic nitrogens is 2. The highest BCUT2D eigenvalue weighted by atomic mass is 35.5. The Balaban J connectivity index is 2.24. The fourth-order valence-electron chi connectivity index (χ4n) is 1.34. The summed E-state index contributed by atoms with van der Waals surface area (Å²) in [7, 11) is 1.78. The van der Waals surface area contributed by atoms with E-state index in [0.29, 0.717) is 17.1 Å². The normalized spacial score (nSPS) is 10.4. The van der Waals surface area contributed by atoms with Crippen molar-refractivity contribution in [3.8, 4) is 11.5 Å². The highest BCUT2D eigenvalue weighted by molar-refractivity contribution is 6.17. The van der Waals surface area contributed by atoms with Crippen LogP contribution in [0.1, 0.15) is 5.56 Å². The first kappa shape index (κ1) is 11.0. The molecule has 2 aromatic rings. The zero-order chi connectivity index (χ0) is 11.5. The number of rotatable bonds is 3. The summed E-state index contributed by atoms with van der Waals surface area (Å²) in [6.07, 6.45) is 3.26. The average molecular weight is 241 g/mol. The van der Waals surface area contributed by atoms with E-state index in [1.165, 1.54) is 12.1 Å². The summed E-state index contributed by atoms with van der Waals surface area (Å²) < 4.78 is 20.2. The van der Waals surface area contributed by atoms with Crippen LogP contribution in [0.4, 0.5) is 4.39 Å². The maximum atomic E-state index is 13.2. The van der Waals surface area contributed by atoms with Crippen LogP contribution < -0.4 is 4.74 Å². The molecule has 1 aromatic carbocycles. The second kappa shape index (κ2) is 4.53. The first-order chi connectivity index (χ1) is 7.67. The van der Waals surface area contributed by atoms with E-state index in [2.05, 4.69) is 5.10 Å². The molecule has 0 aliphatic carbocycles. The molecule has 5 heteroatoms. The summed E-state index contributed by atoms with van der Waals surface area (Å²) in [4.78, 5) is 0. The molecule has 0 N–H and O–H groups in total. The topological polar surface area (TPSA) is 27.1 Å². The molecule has 3 nitrogen and oxygen atoms in total. The summed E-state index contributed by atoms with van der Waals surface area (Å²) in [6.45, 7) is 0. The molecular weight excluding hydrogens is 231 g/mol. The Morgan fingerprint density at radius 3 is 2.81 bits per heavy atom. The lowest BCUT2D eigenvalue weighted by Gasteiger charge is -2.04. The Kier molecular flexibility index (Phi) is 3.10. The van der Waals surface area contributed by atoms with Crippen molar-refractivity contribution in [2.24, 2.45) is 7.05 Å². The van der Waals surface area contributed by atoms with Crippen LogP contribution in [-0.4, -0.2) is 9.78 Å². The smallest absolute Gasteiger partial charge is 0.165 e. The fourth-order valence-corrected chi connectivity index (χ4v) is 1.50. The molecule has 0 atom stereocenters. The van der Waals surface area contributed by atoms with Gasteiger partial charge in [0.1, 0.15) is 11.6 Å². The van der Waals surface area contributed by atoms with Gasteiger partial charge >= 0.3 is 0 Å². The number of ether oxygens (including phenoxy) is 1. The first-order valence-corrected chi connectivity index (χ1v) is 5.23. The number of benzene rings is 1. The third kappa shape index (κ3) is 2.52. The third-order valence-corrected chi connectivity index (χ3v) is 2.31. The lowest BCUT2D eigenvalue weighted by Crippen LogP contribution is -1.88. The predicted molar refractivity (Wildman–Crippen MR) is 59.2 cm³/mol. The van der Waals surface area contributed by atoms with Crippen LogP contribution in [0.25, 0.3) is 0 Å². The molecule has 0 unspecified atom stereocenters. The van der Waals surface area contributed by atoms with Crippen LogP contribution in [0, 0.1) is 5.82 Å². The molecule has 0 saturated heterocycles. The largest absolute Gasteiger partial charge is 0.454 e. The van der Waals surface area contributed by atoms with Crippen LogP contribution >= 0.6 is 11.6 Å². The molecule has 0 spiro atoms. The Bertz CT molecular complexity index is 498. The van der Waals surface area contributed by atoms with Crippen molar-refractivity contribution in [3.63, 3.8) is 0 Å². The van der Waals surface area contributed by atoms with E-state index in [0.717, 1.165) is 0 Å². The van der Waals surface area contributed by atoms with Gasteiger partial charge in [-0.25, -0.2) is 4.39 Å². The minimum Gasteiger partial charge on any atom is -0.454 e. The monoisotopic (exact) mass is 240 g/mol. The van der Waals surface area contributed by atoms with E-state index < -0.39 is 0 Å². The minimum atomic E-state index is -0.364. The van der Waals surface area contributed by atoms with Gasteiger partial charge in [0.05, 0.1) is 12.4 Å². The maximum Gasteiger partial charge on any atom is 0.165 e. The summed E-state index contributed by atoms with van der Waals surface area (Å²) >= 11 is 5.64. The third-order valence-electron chi connectivity index (χ3n) is 2.00. The number of alkyl halides is 1. The van der Waals surface area contributed by atoms with E-state index in [-0.39, 0.29) is 11.7 Å². The standard InChI is InChI=1S/C11H10ClFN2O/c1-15-7-11(6-14-15)16-10-3-8(5-12)2-9(13)4-10/h2-4,6-7H,5H2,1H3. The number of nitrogens with zero attached hydrogens (tertiary/aromatic N) is 2. The van der Waals surface area contributed by atoms with E-state index >= 15 is 0 Å². The molecule has 0 fully saturated rings. The molecule has 0 aliphatic heterocycles. The lowest BCUT2D eigenvalue weighted by molar-refractivity contribution is 0.475. The molecule has 0 radical (unpaired) electrons. The van der Waals surface area contributed by atoms with Gasteiger partial charge in [-0.1, -0.05) is 0 Å². The molecule has 1 aromatic heterocycles. The van der Waals surface area contributed by atoms with Crippen LogP contribution in [0.3, 0.4) is 0 Å². The van der Waals surface area contributed by atoms with Gasteiger partial charge in [0.25, 0.3) is 0 Å². The van der Waals surface area contributed by atoms with E-state index in [1.54, 1.807) is 30.2 Å². The Labute approximate surface area is 97.4 Å². The molecule has 1 heterocycles. The van der Waals surface area contributed by atoms with Gasteiger partial charge in [0.15, 0.2) is 5.75 Å². The molecule has 0 saturated carbocycles. The number of hydrogen-bond donors (Lipinski definition) is 0. The van der Waals surface area contributed by atoms with Crippen LogP contribution in [0.5, 0.6) is 11.5 Å². The number of aryl methyl sites for hydroxylation is 1. The Hall–Kier alpha value is -1.55. The molecule has 2 rings (SSSR count). The molecular formula is C11H10ClFN2O. The number of halogens is 2. The molecule has 0 aliphatic rings. The molecule has 0 amide bonds. The van der Waals surface area contributed by atoms with Gasteiger partial charge in [0, 0.05) is 19.0 Å². The quantitative estimate of drug-likeness (QED) is 0.771. The van der Waals surface area contributed by atoms with Crippen molar-refractivity contribution in [2.45, 2.75) is 5.88 Å². The van der Waals surface area contributed by atoms with Gasteiger partial charge in [-0.05, 0) is 17.7 Å². The van der Waals surface area contributed by atoms with E-state index in [9.17, 15) is 4.39 Å². The minimum absolute atomic E-state index is 0.251. The van der Waals surface area contributed by atoms with E-state index in [1.807, 2.05) is 0 Å². The summed E-state index contributed by atoms with van der Waals surface area (Å²) in [6, 6.07) is 4.38. The summed E-state index contributed by atoms with van der Waals surface area (Å²) in [5.74, 6) is 0.871. The predicted octanol–water partition coefficient (Wildman–Crippen LogP) is 3.09. The van der Waals surface area contributed by atoms with E-state index in [4.69, 9.17) is 16.3 Å². The second-order valence-corrected chi connectivity index (χ2v) is 3.65. The average Bonchev–Trinajstić information content (AvgIpc) is 2.63. The molecule has 16 heavy (non-hydrogen) atoms. The SMILES string of the molecule is Cn1cc(Oc2cc(F)cc(CCl)c2)cn1. The fraction of sp³-hybridized carbons (Fsp3) is 0.182. The van der Waals surface area contributed by atoms with Gasteiger partial charge in [-0.15, -0.1) is 11.6 Å². The van der Waals surface area contributed by atoms with Crippen LogP contribution in [-0.2, 0) is 12.9 Å². The van der Waals surface area contributed by atoms with Crippen LogP contribution in [0.15, 0.2) is 30.6 Å². The summed E-state index contributed by atoms with van der Waals surface area (Å²) in [5.41, 5.74) is 0.681. The van der Waals surface area contributed by atoms with Crippen molar-refractivity contribution < 1.29 is 9.13 Å². The Morgan fingerprint density at radius 2 is 2.19 bits per heavy atom. The highest BCUT2D eigenvalue weighted by Crippen LogP contribution is 2.23. The zero-order valence-electron chi connectivity index (χ0n) is 8.65.